The second kappa shape index (κ2) is 12.6. The van der Waals surface area contributed by atoms with E-state index in [1.165, 1.54) is 6.92 Å². The molecule has 0 fully saturated rings. The smallest absolute Gasteiger partial charge is 0.325 e. The fourth-order valence-corrected chi connectivity index (χ4v) is 1.96. The van der Waals surface area contributed by atoms with Crippen molar-refractivity contribution in [3.05, 3.63) is 0 Å². The quantitative estimate of drug-likeness (QED) is 0.161. The minimum Gasteiger partial charge on any atom is -0.481 e. The summed E-state index contributed by atoms with van der Waals surface area (Å²) < 4.78 is 0. The van der Waals surface area contributed by atoms with Crippen molar-refractivity contribution in [3.8, 4) is 0 Å². The molecular weight excluding hydrogens is 362 g/mol. The topological polar surface area (TPSA) is 214 Å². The van der Waals surface area contributed by atoms with Gasteiger partial charge in [-0.15, -0.1) is 0 Å². The van der Waals surface area contributed by atoms with Gasteiger partial charge in [-0.2, -0.15) is 0 Å². The highest BCUT2D eigenvalue weighted by Crippen LogP contribution is 2.02. The van der Waals surface area contributed by atoms with E-state index >= 15 is 0 Å². The largest absolute Gasteiger partial charge is 0.481 e. The molecule has 3 amide bonds. The third-order valence-corrected chi connectivity index (χ3v) is 3.48. The molecule has 0 aromatic carbocycles. The molecule has 154 valence electrons. The molecule has 0 aromatic heterocycles. The van der Waals surface area contributed by atoms with E-state index in [-0.39, 0.29) is 6.42 Å². The summed E-state index contributed by atoms with van der Waals surface area (Å²) in [5.41, 5.74) is 10.8. The van der Waals surface area contributed by atoms with Gasteiger partial charge in [-0.3, -0.25) is 24.0 Å². The molecule has 27 heavy (non-hydrogen) atoms. The molecule has 12 heteroatoms. The van der Waals surface area contributed by atoms with E-state index < -0.39 is 60.8 Å². The predicted molar refractivity (Wildman–Crippen MR) is 93.3 cm³/mol. The number of carboxylic acids is 2. The average Bonchev–Trinajstić information content (AvgIpc) is 2.57. The van der Waals surface area contributed by atoms with Crippen LogP contribution >= 0.6 is 0 Å². The van der Waals surface area contributed by atoms with E-state index in [0.717, 1.165) is 0 Å². The zero-order valence-corrected chi connectivity index (χ0v) is 15.1. The summed E-state index contributed by atoms with van der Waals surface area (Å²) in [4.78, 5) is 57.1. The Hall–Kier alpha value is -2.73. The number of nitrogens with one attached hydrogen (secondary N) is 3. The van der Waals surface area contributed by atoms with E-state index in [1.54, 1.807) is 0 Å². The van der Waals surface area contributed by atoms with Crippen LogP contribution in [0.5, 0.6) is 0 Å². The molecule has 0 aromatic rings. The standard InChI is InChI=1S/C15H27N5O7/c1-8(15(26)27)19-14(25)10(4-2-3-5-16)20-11(21)7-18-13(24)9(17)6-12(22)23/h8-10H,2-7,16-17H2,1H3,(H,18,24)(H,19,25)(H,20,21)(H,22,23)(H,26,27). The zero-order chi connectivity index (χ0) is 21.0. The maximum absolute atomic E-state index is 12.2. The van der Waals surface area contributed by atoms with Gasteiger partial charge in [0.1, 0.15) is 12.1 Å². The first-order valence-electron chi connectivity index (χ1n) is 8.36. The Morgan fingerprint density at radius 1 is 1.00 bits per heavy atom. The molecule has 12 nitrogen and oxygen atoms in total. The highest BCUT2D eigenvalue weighted by atomic mass is 16.4. The molecule has 0 saturated heterocycles. The van der Waals surface area contributed by atoms with Crippen LogP contribution in [0.1, 0.15) is 32.6 Å². The van der Waals surface area contributed by atoms with Crippen LogP contribution < -0.4 is 27.4 Å². The van der Waals surface area contributed by atoms with Crippen LogP contribution in [0.4, 0.5) is 0 Å². The molecule has 0 aliphatic carbocycles. The lowest BCUT2D eigenvalue weighted by molar-refractivity contribution is -0.141. The van der Waals surface area contributed by atoms with Gasteiger partial charge >= 0.3 is 11.9 Å². The highest BCUT2D eigenvalue weighted by Gasteiger charge is 2.24. The number of amides is 3. The SMILES string of the molecule is CC(NC(=O)C(CCCCN)NC(=O)CNC(=O)C(N)CC(=O)O)C(=O)O. The van der Waals surface area contributed by atoms with Gasteiger partial charge in [0.15, 0.2) is 0 Å². The molecule has 3 unspecified atom stereocenters. The van der Waals surface area contributed by atoms with Crippen molar-refractivity contribution in [1.29, 1.82) is 0 Å². The van der Waals surface area contributed by atoms with Gasteiger partial charge in [-0.05, 0) is 32.7 Å². The normalized spacial score (nSPS) is 13.7. The fourth-order valence-electron chi connectivity index (χ4n) is 1.96. The van der Waals surface area contributed by atoms with Crippen LogP contribution in [-0.4, -0.2) is 71.1 Å². The maximum atomic E-state index is 12.2. The molecule has 0 aliphatic heterocycles. The summed E-state index contributed by atoms with van der Waals surface area (Å²) in [5, 5.41) is 24.2. The summed E-state index contributed by atoms with van der Waals surface area (Å²) in [6.07, 6.45) is 0.763. The minimum atomic E-state index is -1.31. The first-order valence-corrected chi connectivity index (χ1v) is 8.36. The van der Waals surface area contributed by atoms with Crippen molar-refractivity contribution in [2.75, 3.05) is 13.1 Å². The van der Waals surface area contributed by atoms with Gasteiger partial charge in [0.05, 0.1) is 19.0 Å². The molecule has 0 aliphatic rings. The second-order valence-electron chi connectivity index (χ2n) is 5.90. The Labute approximate surface area is 156 Å². The van der Waals surface area contributed by atoms with E-state index in [0.29, 0.717) is 19.4 Å². The molecule has 0 heterocycles. The van der Waals surface area contributed by atoms with Crippen molar-refractivity contribution in [2.24, 2.45) is 11.5 Å². The van der Waals surface area contributed by atoms with Crippen molar-refractivity contribution >= 4 is 29.7 Å². The second-order valence-corrected chi connectivity index (χ2v) is 5.90. The van der Waals surface area contributed by atoms with Crippen molar-refractivity contribution in [3.63, 3.8) is 0 Å². The molecule has 0 saturated carbocycles. The monoisotopic (exact) mass is 389 g/mol. The maximum Gasteiger partial charge on any atom is 0.325 e. The molecule has 9 N–H and O–H groups in total. The summed E-state index contributed by atoms with van der Waals surface area (Å²) in [6.45, 7) is 1.16. The predicted octanol–water partition coefficient (Wildman–Crippen LogP) is -2.89. The van der Waals surface area contributed by atoms with Crippen LogP contribution in [0.3, 0.4) is 0 Å². The number of hydrogen-bond donors (Lipinski definition) is 7. The molecular formula is C15H27N5O7. The Kier molecular flexibility index (Phi) is 11.3. The molecule has 0 spiro atoms. The third kappa shape index (κ3) is 10.8. The molecule has 0 rings (SSSR count). The van der Waals surface area contributed by atoms with Gasteiger partial charge in [-0.25, -0.2) is 0 Å². The van der Waals surface area contributed by atoms with E-state index in [4.69, 9.17) is 21.7 Å². The lowest BCUT2D eigenvalue weighted by atomic mass is 10.1. The van der Waals surface area contributed by atoms with Gasteiger partial charge in [0.25, 0.3) is 0 Å². The number of carbonyl (C=O) groups excluding carboxylic acids is 3. The van der Waals surface area contributed by atoms with Crippen LogP contribution in [-0.2, 0) is 24.0 Å². The van der Waals surface area contributed by atoms with Crippen molar-refractivity contribution in [1.82, 2.24) is 16.0 Å². The van der Waals surface area contributed by atoms with Crippen LogP contribution in [0, 0.1) is 0 Å². The molecule has 0 radical (unpaired) electrons. The van der Waals surface area contributed by atoms with Crippen molar-refractivity contribution < 1.29 is 34.2 Å². The minimum absolute atomic E-state index is 0.230. The number of nitrogens with two attached hydrogens (primary N) is 2. The number of hydrogen-bond acceptors (Lipinski definition) is 7. The lowest BCUT2D eigenvalue weighted by Crippen LogP contribution is -2.53. The zero-order valence-electron chi connectivity index (χ0n) is 15.1. The van der Waals surface area contributed by atoms with Gasteiger partial charge in [0, 0.05) is 0 Å². The summed E-state index contributed by atoms with van der Waals surface area (Å²) >= 11 is 0. The first-order chi connectivity index (χ1) is 12.6. The lowest BCUT2D eigenvalue weighted by Gasteiger charge is -2.20. The fraction of sp³-hybridized carbons (Fsp3) is 0.667. The Balaban J connectivity index is 4.68. The number of aliphatic carboxylic acids is 2. The van der Waals surface area contributed by atoms with Crippen LogP contribution in [0.2, 0.25) is 0 Å². The molecule has 3 atom stereocenters. The summed E-state index contributed by atoms with van der Waals surface area (Å²) in [5.74, 6) is -4.69. The molecule has 0 bridgehead atoms. The summed E-state index contributed by atoms with van der Waals surface area (Å²) in [6, 6.07) is -3.45. The number of carbonyl (C=O) groups is 5. The van der Waals surface area contributed by atoms with Crippen LogP contribution in [0.15, 0.2) is 0 Å². The van der Waals surface area contributed by atoms with Gasteiger partial charge in [-0.1, -0.05) is 0 Å². The third-order valence-electron chi connectivity index (χ3n) is 3.48. The Morgan fingerprint density at radius 3 is 2.15 bits per heavy atom. The van der Waals surface area contributed by atoms with E-state index in [1.807, 2.05) is 0 Å². The van der Waals surface area contributed by atoms with Crippen molar-refractivity contribution in [2.45, 2.75) is 50.7 Å². The summed E-state index contributed by atoms with van der Waals surface area (Å²) in [7, 11) is 0. The first kappa shape index (κ1) is 24.3. The number of unbranched alkanes of at least 4 members (excludes halogenated alkanes) is 1. The number of rotatable bonds is 13. The Bertz CT molecular complexity index is 555. The van der Waals surface area contributed by atoms with Gasteiger partial charge in [0.2, 0.25) is 17.7 Å². The van der Waals surface area contributed by atoms with E-state index in [9.17, 15) is 24.0 Å². The number of carboxylic acid groups (broad SMARTS) is 2. The Morgan fingerprint density at radius 2 is 1.63 bits per heavy atom. The average molecular weight is 389 g/mol. The van der Waals surface area contributed by atoms with E-state index in [2.05, 4.69) is 16.0 Å². The highest BCUT2D eigenvalue weighted by molar-refractivity contribution is 5.93. The van der Waals surface area contributed by atoms with Crippen LogP contribution in [0.25, 0.3) is 0 Å². The van der Waals surface area contributed by atoms with Gasteiger partial charge < -0.3 is 37.6 Å².